The van der Waals surface area contributed by atoms with Crippen LogP contribution in [0.25, 0.3) is 0 Å². The number of nitrogens with zero attached hydrogens (tertiary/aromatic N) is 1. The lowest BCUT2D eigenvalue weighted by Crippen LogP contribution is -2.40. The van der Waals surface area contributed by atoms with E-state index >= 15 is 0 Å². The van der Waals surface area contributed by atoms with Crippen molar-refractivity contribution in [2.75, 3.05) is 26.8 Å². The summed E-state index contributed by atoms with van der Waals surface area (Å²) in [5.74, 6) is -1.03. The van der Waals surface area contributed by atoms with Crippen LogP contribution in [0.4, 0.5) is 0 Å². The first-order valence-corrected chi connectivity index (χ1v) is 7.42. The first kappa shape index (κ1) is 14.5. The molecule has 2 heterocycles. The minimum Gasteiger partial charge on any atom is -0.481 e. The van der Waals surface area contributed by atoms with Gasteiger partial charge in [-0.05, 0) is 33.8 Å². The molecule has 0 radical (unpaired) electrons. The van der Waals surface area contributed by atoms with Crippen molar-refractivity contribution in [2.24, 2.45) is 5.41 Å². The largest absolute Gasteiger partial charge is 0.481 e. The molecule has 7 heteroatoms. The monoisotopic (exact) mass is 347 g/mol. The average Bonchev–Trinajstić information content (AvgIpc) is 2.96. The third kappa shape index (κ3) is 2.68. The van der Waals surface area contributed by atoms with Gasteiger partial charge in [0.15, 0.2) is 0 Å². The minimum atomic E-state index is -0.978. The number of hydrogen-bond acceptors (Lipinski definition) is 4. The zero-order chi connectivity index (χ0) is 14.0. The maximum absolute atomic E-state index is 12.3. The van der Waals surface area contributed by atoms with E-state index in [0.717, 1.165) is 4.47 Å². The molecular weight excluding hydrogens is 334 g/mol. The molecule has 1 saturated heterocycles. The molecule has 1 fully saturated rings. The molecule has 1 unspecified atom stereocenters. The number of halogens is 1. The lowest BCUT2D eigenvalue weighted by Gasteiger charge is -2.23. The summed E-state index contributed by atoms with van der Waals surface area (Å²) in [6.45, 7) is 0.760. The number of rotatable bonds is 4. The third-order valence-electron chi connectivity index (χ3n) is 3.33. The molecule has 104 valence electrons. The highest BCUT2D eigenvalue weighted by Gasteiger charge is 2.46. The standard InChI is InChI=1S/C12H14BrNO4S/c1-18-7-12(11(16)17)3-4-14(6-12)10(15)9-8(13)2-5-19-9/h2,5H,3-4,6-7H2,1H3,(H,16,17). The van der Waals surface area contributed by atoms with Crippen LogP contribution in [0, 0.1) is 5.41 Å². The Kier molecular flexibility index (Phi) is 4.27. The predicted octanol–water partition coefficient (Wildman–Crippen LogP) is 2.07. The number of ether oxygens (including phenoxy) is 1. The van der Waals surface area contributed by atoms with Gasteiger partial charge >= 0.3 is 5.97 Å². The molecule has 1 amide bonds. The fourth-order valence-corrected chi connectivity index (χ4v) is 3.77. The van der Waals surface area contributed by atoms with E-state index in [2.05, 4.69) is 15.9 Å². The highest BCUT2D eigenvalue weighted by Crippen LogP contribution is 2.34. The second kappa shape index (κ2) is 5.60. The highest BCUT2D eigenvalue weighted by molar-refractivity contribution is 9.10. The van der Waals surface area contributed by atoms with Crippen LogP contribution in [-0.2, 0) is 9.53 Å². The quantitative estimate of drug-likeness (QED) is 0.905. The van der Waals surface area contributed by atoms with E-state index in [1.165, 1.54) is 18.4 Å². The Bertz CT molecular complexity index is 504. The van der Waals surface area contributed by atoms with Crippen LogP contribution < -0.4 is 0 Å². The number of aliphatic carboxylic acids is 1. The summed E-state index contributed by atoms with van der Waals surface area (Å²) in [6, 6.07) is 1.81. The summed E-state index contributed by atoms with van der Waals surface area (Å²) in [7, 11) is 1.48. The summed E-state index contributed by atoms with van der Waals surface area (Å²) >= 11 is 4.67. The zero-order valence-electron chi connectivity index (χ0n) is 10.4. The molecule has 1 aromatic heterocycles. The van der Waals surface area contributed by atoms with E-state index in [9.17, 15) is 14.7 Å². The number of amides is 1. The normalized spacial score (nSPS) is 22.7. The molecule has 1 aliphatic rings. The van der Waals surface area contributed by atoms with Gasteiger partial charge in [0.2, 0.25) is 0 Å². The fourth-order valence-electron chi connectivity index (χ4n) is 2.27. The van der Waals surface area contributed by atoms with Gasteiger partial charge in [-0.25, -0.2) is 0 Å². The van der Waals surface area contributed by atoms with E-state index in [4.69, 9.17) is 4.74 Å². The van der Waals surface area contributed by atoms with Gasteiger partial charge in [0.25, 0.3) is 5.91 Å². The maximum Gasteiger partial charge on any atom is 0.313 e. The van der Waals surface area contributed by atoms with Crippen molar-refractivity contribution in [2.45, 2.75) is 6.42 Å². The van der Waals surface area contributed by atoms with Crippen molar-refractivity contribution in [3.05, 3.63) is 20.8 Å². The van der Waals surface area contributed by atoms with E-state index in [-0.39, 0.29) is 19.1 Å². The molecule has 0 bridgehead atoms. The molecule has 2 rings (SSSR count). The van der Waals surface area contributed by atoms with Crippen LogP contribution in [0.1, 0.15) is 16.1 Å². The molecular formula is C12H14BrNO4S. The van der Waals surface area contributed by atoms with Gasteiger partial charge in [0.05, 0.1) is 6.61 Å². The second-order valence-electron chi connectivity index (χ2n) is 4.59. The topological polar surface area (TPSA) is 66.8 Å². The van der Waals surface area contributed by atoms with E-state index in [1.807, 2.05) is 11.4 Å². The number of carboxylic acid groups (broad SMARTS) is 1. The number of carboxylic acids is 1. The third-order valence-corrected chi connectivity index (χ3v) is 5.15. The molecule has 0 spiro atoms. The minimum absolute atomic E-state index is 0.123. The molecule has 1 atom stereocenters. The summed E-state index contributed by atoms with van der Waals surface area (Å²) in [5.41, 5.74) is -0.978. The molecule has 0 aliphatic carbocycles. The van der Waals surface area contributed by atoms with Crippen molar-refractivity contribution >= 4 is 39.1 Å². The Balaban J connectivity index is 2.15. The number of carbonyl (C=O) groups is 2. The smallest absolute Gasteiger partial charge is 0.313 e. The van der Waals surface area contributed by atoms with Gasteiger partial charge in [-0.15, -0.1) is 11.3 Å². The molecule has 5 nitrogen and oxygen atoms in total. The Hall–Kier alpha value is -0.920. The van der Waals surface area contributed by atoms with E-state index < -0.39 is 11.4 Å². The van der Waals surface area contributed by atoms with Gasteiger partial charge < -0.3 is 14.7 Å². The molecule has 0 aromatic carbocycles. The highest BCUT2D eigenvalue weighted by atomic mass is 79.9. The van der Waals surface area contributed by atoms with Gasteiger partial charge in [0, 0.05) is 24.7 Å². The molecule has 19 heavy (non-hydrogen) atoms. The van der Waals surface area contributed by atoms with Crippen LogP contribution in [-0.4, -0.2) is 48.7 Å². The number of hydrogen-bond donors (Lipinski definition) is 1. The summed E-state index contributed by atoms with van der Waals surface area (Å²) in [4.78, 5) is 25.9. The van der Waals surface area contributed by atoms with Gasteiger partial charge in [-0.3, -0.25) is 9.59 Å². The Labute approximate surface area is 123 Å². The van der Waals surface area contributed by atoms with Crippen LogP contribution in [0.15, 0.2) is 15.9 Å². The molecule has 1 aromatic rings. The Morgan fingerprint density at radius 1 is 1.63 bits per heavy atom. The lowest BCUT2D eigenvalue weighted by molar-refractivity contribution is -0.151. The van der Waals surface area contributed by atoms with E-state index in [1.54, 1.807) is 4.90 Å². The molecule has 1 N–H and O–H groups in total. The second-order valence-corrected chi connectivity index (χ2v) is 6.36. The van der Waals surface area contributed by atoms with E-state index in [0.29, 0.717) is 17.8 Å². The summed E-state index contributed by atoms with van der Waals surface area (Å²) in [5, 5.41) is 11.2. The first-order valence-electron chi connectivity index (χ1n) is 5.75. The van der Waals surface area contributed by atoms with Crippen LogP contribution in [0.2, 0.25) is 0 Å². The first-order chi connectivity index (χ1) is 9.00. The van der Waals surface area contributed by atoms with Crippen molar-refractivity contribution in [3.63, 3.8) is 0 Å². The number of likely N-dealkylation sites (tertiary alicyclic amines) is 1. The summed E-state index contributed by atoms with van der Waals surface area (Å²) in [6.07, 6.45) is 0.422. The Morgan fingerprint density at radius 2 is 2.37 bits per heavy atom. The zero-order valence-corrected chi connectivity index (χ0v) is 12.8. The SMILES string of the molecule is COCC1(C(=O)O)CCN(C(=O)c2sccc2Br)C1. The average molecular weight is 348 g/mol. The Morgan fingerprint density at radius 3 is 2.89 bits per heavy atom. The van der Waals surface area contributed by atoms with Crippen molar-refractivity contribution in [1.82, 2.24) is 4.90 Å². The van der Waals surface area contributed by atoms with Gasteiger partial charge in [0.1, 0.15) is 10.3 Å². The fraction of sp³-hybridized carbons (Fsp3) is 0.500. The molecule has 1 aliphatic heterocycles. The van der Waals surface area contributed by atoms with Crippen molar-refractivity contribution in [3.8, 4) is 0 Å². The predicted molar refractivity (Wildman–Crippen MR) is 74.5 cm³/mol. The lowest BCUT2D eigenvalue weighted by atomic mass is 9.88. The van der Waals surface area contributed by atoms with Gasteiger partial charge in [-0.1, -0.05) is 0 Å². The maximum atomic E-state index is 12.3. The van der Waals surface area contributed by atoms with Crippen LogP contribution >= 0.6 is 27.3 Å². The van der Waals surface area contributed by atoms with Crippen molar-refractivity contribution in [1.29, 1.82) is 0 Å². The van der Waals surface area contributed by atoms with Crippen molar-refractivity contribution < 1.29 is 19.4 Å². The van der Waals surface area contributed by atoms with Gasteiger partial charge in [-0.2, -0.15) is 0 Å². The summed E-state index contributed by atoms with van der Waals surface area (Å²) < 4.78 is 5.76. The number of methoxy groups -OCH3 is 1. The number of carbonyl (C=O) groups excluding carboxylic acids is 1. The van der Waals surface area contributed by atoms with Crippen LogP contribution in [0.5, 0.6) is 0 Å². The number of thiophene rings is 1. The molecule has 0 saturated carbocycles. The van der Waals surface area contributed by atoms with Crippen LogP contribution in [0.3, 0.4) is 0 Å².